The highest BCUT2D eigenvalue weighted by Crippen LogP contribution is 2.39. The Morgan fingerprint density at radius 3 is 2.36 bits per heavy atom. The number of hydrogen-bond acceptors (Lipinski definition) is 3. The van der Waals surface area contributed by atoms with Gasteiger partial charge in [-0.05, 0) is 40.2 Å². The molecule has 0 saturated heterocycles. The van der Waals surface area contributed by atoms with Crippen molar-refractivity contribution in [2.24, 2.45) is 0 Å². The molecule has 0 radical (unpaired) electrons. The van der Waals surface area contributed by atoms with Gasteiger partial charge in [-0.15, -0.1) is 0 Å². The summed E-state index contributed by atoms with van der Waals surface area (Å²) in [6, 6.07) is 11.5. The maximum absolute atomic E-state index is 13.1. The summed E-state index contributed by atoms with van der Waals surface area (Å²) >= 11 is 3.20. The third-order valence-corrected chi connectivity index (χ3v) is 3.62. The van der Waals surface area contributed by atoms with Gasteiger partial charge in [0.25, 0.3) is 0 Å². The molecule has 0 spiro atoms. The second-order valence-corrected chi connectivity index (χ2v) is 5.30. The van der Waals surface area contributed by atoms with Gasteiger partial charge in [0.1, 0.15) is 5.75 Å². The summed E-state index contributed by atoms with van der Waals surface area (Å²) < 4.78 is 45.0. The lowest BCUT2D eigenvalue weighted by Gasteiger charge is -2.18. The topological polar surface area (TPSA) is 33.3 Å². The van der Waals surface area contributed by atoms with Crippen LogP contribution in [0, 0.1) is 0 Å². The third kappa shape index (κ3) is 3.92. The first kappa shape index (κ1) is 16.6. The van der Waals surface area contributed by atoms with Crippen LogP contribution in [-0.4, -0.2) is 7.11 Å². The van der Waals surface area contributed by atoms with E-state index in [4.69, 9.17) is 4.74 Å². The monoisotopic (exact) mass is 374 g/mol. The van der Waals surface area contributed by atoms with Crippen molar-refractivity contribution in [1.29, 1.82) is 0 Å². The molecular formula is C15H14BrF3N2O. The predicted octanol–water partition coefficient (Wildman–Crippen LogP) is 4.59. The summed E-state index contributed by atoms with van der Waals surface area (Å²) in [7, 11) is 1.34. The Morgan fingerprint density at radius 2 is 1.77 bits per heavy atom. The van der Waals surface area contributed by atoms with Crippen molar-refractivity contribution in [3.8, 4) is 5.75 Å². The molecule has 2 N–H and O–H groups in total. The van der Waals surface area contributed by atoms with E-state index in [-0.39, 0.29) is 17.9 Å². The molecule has 2 aromatic rings. The molecule has 0 amide bonds. The number of methoxy groups -OCH3 is 1. The number of rotatable bonds is 5. The van der Waals surface area contributed by atoms with Crippen LogP contribution in [0.25, 0.3) is 0 Å². The lowest BCUT2D eigenvalue weighted by atomic mass is 10.1. The number of anilines is 1. The lowest BCUT2D eigenvalue weighted by Crippen LogP contribution is -2.23. The smallest absolute Gasteiger partial charge is 0.416 e. The summed E-state index contributed by atoms with van der Waals surface area (Å²) in [5.74, 6) is 0.164. The van der Waals surface area contributed by atoms with Gasteiger partial charge >= 0.3 is 6.18 Å². The second-order valence-electron chi connectivity index (χ2n) is 4.45. The minimum Gasteiger partial charge on any atom is -0.495 e. The first-order valence-electron chi connectivity index (χ1n) is 6.40. The predicted molar refractivity (Wildman–Crippen MR) is 82.6 cm³/mol. The molecule has 0 atom stereocenters. The van der Waals surface area contributed by atoms with Gasteiger partial charge in [-0.1, -0.05) is 18.2 Å². The molecule has 22 heavy (non-hydrogen) atoms. The molecule has 0 aliphatic heterocycles. The van der Waals surface area contributed by atoms with E-state index in [9.17, 15) is 13.2 Å². The number of para-hydroxylation sites is 1. The van der Waals surface area contributed by atoms with E-state index in [2.05, 4.69) is 26.8 Å². The van der Waals surface area contributed by atoms with E-state index in [1.54, 1.807) is 12.1 Å². The van der Waals surface area contributed by atoms with Crippen LogP contribution in [0.3, 0.4) is 0 Å². The maximum Gasteiger partial charge on any atom is 0.416 e. The van der Waals surface area contributed by atoms with Gasteiger partial charge in [0.2, 0.25) is 0 Å². The summed E-state index contributed by atoms with van der Waals surface area (Å²) in [6.07, 6.45) is -4.45. The quantitative estimate of drug-likeness (QED) is 0.750. The van der Waals surface area contributed by atoms with Crippen molar-refractivity contribution in [3.63, 3.8) is 0 Å². The molecule has 3 nitrogen and oxygen atoms in total. The van der Waals surface area contributed by atoms with E-state index in [0.29, 0.717) is 4.47 Å². The Bertz CT molecular complexity index is 633. The number of halogens is 4. The molecule has 0 aliphatic carbocycles. The minimum atomic E-state index is -4.45. The molecule has 7 heteroatoms. The SMILES string of the molecule is COc1c(Br)ccc(C(F)(F)F)c1CNNc1ccccc1. The Morgan fingerprint density at radius 1 is 1.09 bits per heavy atom. The molecule has 118 valence electrons. The second kappa shape index (κ2) is 7.02. The molecule has 2 rings (SSSR count). The fourth-order valence-electron chi connectivity index (χ4n) is 2.02. The number of nitrogens with one attached hydrogen (secondary N) is 2. The van der Waals surface area contributed by atoms with Gasteiger partial charge in [0, 0.05) is 17.8 Å². The zero-order valence-corrected chi connectivity index (χ0v) is 13.3. The maximum atomic E-state index is 13.1. The zero-order chi connectivity index (χ0) is 16.2. The van der Waals surface area contributed by atoms with Gasteiger partial charge in [-0.2, -0.15) is 13.2 Å². The highest BCUT2D eigenvalue weighted by molar-refractivity contribution is 9.10. The average molecular weight is 375 g/mol. The molecule has 0 unspecified atom stereocenters. The number of ether oxygens (including phenoxy) is 1. The van der Waals surface area contributed by atoms with Crippen molar-refractivity contribution in [3.05, 3.63) is 58.1 Å². The number of hydrogen-bond donors (Lipinski definition) is 2. The fourth-order valence-corrected chi connectivity index (χ4v) is 2.55. The van der Waals surface area contributed by atoms with Crippen LogP contribution in [0.4, 0.5) is 18.9 Å². The van der Waals surface area contributed by atoms with E-state index in [1.165, 1.54) is 13.2 Å². The average Bonchev–Trinajstić information content (AvgIpc) is 2.47. The van der Waals surface area contributed by atoms with Crippen LogP contribution in [0.2, 0.25) is 0 Å². The third-order valence-electron chi connectivity index (χ3n) is 2.99. The molecule has 0 aromatic heterocycles. The Hall–Kier alpha value is -1.73. The zero-order valence-electron chi connectivity index (χ0n) is 11.7. The van der Waals surface area contributed by atoms with Crippen LogP contribution in [0.1, 0.15) is 11.1 Å². The van der Waals surface area contributed by atoms with Crippen LogP contribution in [0.5, 0.6) is 5.75 Å². The molecule has 0 saturated carbocycles. The van der Waals surface area contributed by atoms with Crippen molar-refractivity contribution in [1.82, 2.24) is 5.43 Å². The van der Waals surface area contributed by atoms with Gasteiger partial charge < -0.3 is 10.2 Å². The Kier molecular flexibility index (Phi) is 5.31. The summed E-state index contributed by atoms with van der Waals surface area (Å²) in [6.45, 7) is -0.0493. The summed E-state index contributed by atoms with van der Waals surface area (Å²) in [4.78, 5) is 0. The Labute approximate surface area is 134 Å². The lowest BCUT2D eigenvalue weighted by molar-refractivity contribution is -0.138. The number of hydrazine groups is 1. The molecule has 0 aliphatic rings. The van der Waals surface area contributed by atoms with Gasteiger partial charge in [0.15, 0.2) is 0 Å². The van der Waals surface area contributed by atoms with Gasteiger partial charge in [-0.3, -0.25) is 0 Å². The van der Waals surface area contributed by atoms with E-state index in [1.807, 2.05) is 18.2 Å². The van der Waals surface area contributed by atoms with Crippen LogP contribution in [-0.2, 0) is 12.7 Å². The van der Waals surface area contributed by atoms with E-state index in [0.717, 1.165) is 11.8 Å². The van der Waals surface area contributed by atoms with Crippen LogP contribution in [0.15, 0.2) is 46.9 Å². The normalized spacial score (nSPS) is 11.3. The first-order valence-corrected chi connectivity index (χ1v) is 7.19. The standard InChI is InChI=1S/C15H14BrF3N2O/c1-22-14-11(9-20-21-10-5-3-2-4-6-10)12(15(17,18)19)7-8-13(14)16/h2-8,20-21H,9H2,1H3. The van der Waals surface area contributed by atoms with E-state index >= 15 is 0 Å². The summed E-state index contributed by atoms with van der Waals surface area (Å²) in [5.41, 5.74) is 5.70. The van der Waals surface area contributed by atoms with Crippen molar-refractivity contribution in [2.75, 3.05) is 12.5 Å². The molecule has 0 fully saturated rings. The highest BCUT2D eigenvalue weighted by atomic mass is 79.9. The number of benzene rings is 2. The molecule has 0 heterocycles. The largest absolute Gasteiger partial charge is 0.495 e. The van der Waals surface area contributed by atoms with Crippen LogP contribution >= 0.6 is 15.9 Å². The first-order chi connectivity index (χ1) is 10.4. The number of alkyl halides is 3. The van der Waals surface area contributed by atoms with E-state index < -0.39 is 11.7 Å². The molecular weight excluding hydrogens is 361 g/mol. The fraction of sp³-hybridized carbons (Fsp3) is 0.200. The van der Waals surface area contributed by atoms with Crippen LogP contribution < -0.4 is 15.6 Å². The van der Waals surface area contributed by atoms with Gasteiger partial charge in [-0.25, -0.2) is 5.43 Å². The molecule has 0 bridgehead atoms. The van der Waals surface area contributed by atoms with Crippen molar-refractivity contribution in [2.45, 2.75) is 12.7 Å². The van der Waals surface area contributed by atoms with Gasteiger partial charge in [0.05, 0.1) is 17.1 Å². The van der Waals surface area contributed by atoms with Crippen molar-refractivity contribution >= 4 is 21.6 Å². The Balaban J connectivity index is 2.22. The highest BCUT2D eigenvalue weighted by Gasteiger charge is 2.35. The minimum absolute atomic E-state index is 0.0350. The van der Waals surface area contributed by atoms with Crippen molar-refractivity contribution < 1.29 is 17.9 Å². The molecule has 2 aromatic carbocycles. The summed E-state index contributed by atoms with van der Waals surface area (Å²) in [5, 5.41) is 0.